The van der Waals surface area contributed by atoms with Crippen molar-refractivity contribution in [2.24, 2.45) is 0 Å². The molecule has 0 unspecified atom stereocenters. The smallest absolute Gasteiger partial charge is 0.00443 e. The lowest BCUT2D eigenvalue weighted by atomic mass is 10.3. The zero-order valence-electron chi connectivity index (χ0n) is 7.77. The highest BCUT2D eigenvalue weighted by Gasteiger charge is 1.74. The zero-order valence-corrected chi connectivity index (χ0v) is 7.77. The maximum absolute atomic E-state index is 2.14. The normalized spacial score (nSPS) is 17.8. The molecule has 0 bridgehead atoms. The second kappa shape index (κ2) is 7.35. The summed E-state index contributed by atoms with van der Waals surface area (Å²) in [6.07, 6.45) is 25.0. The Labute approximate surface area is 80.7 Å². The van der Waals surface area contributed by atoms with Crippen LogP contribution in [0.4, 0.5) is 0 Å². The van der Waals surface area contributed by atoms with Crippen molar-refractivity contribution in [1.82, 2.24) is 0 Å². The van der Waals surface area contributed by atoms with E-state index in [9.17, 15) is 0 Å². The first-order chi connectivity index (χ1) is 6.50. The predicted molar refractivity (Wildman–Crippen MR) is 59.2 cm³/mol. The Morgan fingerprint density at radius 1 is 0.462 bits per heavy atom. The van der Waals surface area contributed by atoms with Crippen LogP contribution in [-0.4, -0.2) is 0 Å². The summed E-state index contributed by atoms with van der Waals surface area (Å²) < 4.78 is 0. The molecule has 1 aliphatic rings. The lowest BCUT2D eigenvalue weighted by Gasteiger charge is -1.81. The third kappa shape index (κ3) is 5.92. The third-order valence-electron chi connectivity index (χ3n) is 1.64. The molecule has 0 aromatic carbocycles. The lowest BCUT2D eigenvalue weighted by molar-refractivity contribution is 1.37. The van der Waals surface area contributed by atoms with E-state index in [1.54, 1.807) is 0 Å². The number of hydrogen-bond acceptors (Lipinski definition) is 0. The van der Waals surface area contributed by atoms with Gasteiger partial charge in [-0.1, -0.05) is 60.8 Å². The van der Waals surface area contributed by atoms with Gasteiger partial charge < -0.3 is 0 Å². The van der Waals surface area contributed by atoms with Gasteiger partial charge in [0, 0.05) is 6.42 Å². The molecule has 0 heteroatoms. The third-order valence-corrected chi connectivity index (χ3v) is 1.64. The first-order valence-corrected chi connectivity index (χ1v) is 4.63. The quantitative estimate of drug-likeness (QED) is 0.520. The summed E-state index contributed by atoms with van der Waals surface area (Å²) in [5.41, 5.74) is 0. The summed E-state index contributed by atoms with van der Waals surface area (Å²) >= 11 is 0. The minimum atomic E-state index is 0.998. The SMILES string of the molecule is [CH]1C=CCC=CC=CC=CCC=C1. The summed E-state index contributed by atoms with van der Waals surface area (Å²) in [6.45, 7) is 0. The van der Waals surface area contributed by atoms with Crippen LogP contribution in [0.25, 0.3) is 0 Å². The Balaban J connectivity index is 2.49. The summed E-state index contributed by atoms with van der Waals surface area (Å²) in [5, 5.41) is 0. The molecule has 0 nitrogen and oxygen atoms in total. The molecule has 0 N–H and O–H groups in total. The molecule has 0 aliphatic heterocycles. The van der Waals surface area contributed by atoms with E-state index in [0.717, 1.165) is 12.8 Å². The zero-order chi connectivity index (χ0) is 9.19. The van der Waals surface area contributed by atoms with Crippen LogP contribution in [0.1, 0.15) is 12.8 Å². The van der Waals surface area contributed by atoms with Gasteiger partial charge in [0.1, 0.15) is 0 Å². The molecule has 0 saturated carbocycles. The van der Waals surface area contributed by atoms with Crippen LogP contribution in [0.5, 0.6) is 0 Å². The molecule has 0 atom stereocenters. The van der Waals surface area contributed by atoms with Crippen LogP contribution in [0.15, 0.2) is 60.8 Å². The van der Waals surface area contributed by atoms with E-state index in [1.807, 2.05) is 0 Å². The summed E-state index contributed by atoms with van der Waals surface area (Å²) in [4.78, 5) is 0. The molecule has 0 fully saturated rings. The van der Waals surface area contributed by atoms with Gasteiger partial charge in [0.15, 0.2) is 0 Å². The van der Waals surface area contributed by atoms with E-state index in [0.29, 0.717) is 0 Å². The van der Waals surface area contributed by atoms with Gasteiger partial charge >= 0.3 is 0 Å². The van der Waals surface area contributed by atoms with E-state index in [-0.39, 0.29) is 0 Å². The molecule has 0 aromatic heterocycles. The molecular weight excluding hydrogens is 156 g/mol. The maximum atomic E-state index is 2.14. The minimum Gasteiger partial charge on any atom is -0.0841 e. The molecule has 0 saturated heterocycles. The van der Waals surface area contributed by atoms with Crippen molar-refractivity contribution < 1.29 is 0 Å². The minimum absolute atomic E-state index is 0.998. The molecule has 0 spiro atoms. The molecular formula is C13H15. The molecule has 1 aliphatic carbocycles. The van der Waals surface area contributed by atoms with Crippen molar-refractivity contribution in [3.8, 4) is 0 Å². The van der Waals surface area contributed by atoms with Gasteiger partial charge in [-0.25, -0.2) is 0 Å². The van der Waals surface area contributed by atoms with Crippen LogP contribution >= 0.6 is 0 Å². The van der Waals surface area contributed by atoms with E-state index < -0.39 is 0 Å². The average molecular weight is 171 g/mol. The second-order valence-corrected chi connectivity index (χ2v) is 2.76. The molecule has 1 radical (unpaired) electrons. The standard InChI is InChI=1S/C13H15/c1-2-4-6-8-10-12-13-11-9-7-5-3-1/h1-6,9-13H,7-8H2. The van der Waals surface area contributed by atoms with Crippen molar-refractivity contribution in [3.63, 3.8) is 0 Å². The van der Waals surface area contributed by atoms with Gasteiger partial charge in [0.2, 0.25) is 0 Å². The largest absolute Gasteiger partial charge is 0.0841 e. The Hall–Kier alpha value is -1.30. The molecule has 1 rings (SSSR count). The summed E-state index contributed by atoms with van der Waals surface area (Å²) in [6, 6.07) is 0. The first-order valence-electron chi connectivity index (χ1n) is 4.63. The van der Waals surface area contributed by atoms with Gasteiger partial charge in [-0.05, 0) is 12.8 Å². The monoisotopic (exact) mass is 171 g/mol. The van der Waals surface area contributed by atoms with Gasteiger partial charge in [0.05, 0.1) is 0 Å². The topological polar surface area (TPSA) is 0 Å². The predicted octanol–water partition coefficient (Wildman–Crippen LogP) is 3.77. The van der Waals surface area contributed by atoms with Crippen LogP contribution < -0.4 is 0 Å². The van der Waals surface area contributed by atoms with Crippen LogP contribution in [-0.2, 0) is 0 Å². The number of hydrogen-bond donors (Lipinski definition) is 0. The van der Waals surface area contributed by atoms with Crippen LogP contribution in [0.3, 0.4) is 0 Å². The van der Waals surface area contributed by atoms with E-state index in [4.69, 9.17) is 0 Å². The van der Waals surface area contributed by atoms with Gasteiger partial charge in [-0.15, -0.1) is 0 Å². The van der Waals surface area contributed by atoms with Crippen molar-refractivity contribution in [2.45, 2.75) is 12.8 Å². The van der Waals surface area contributed by atoms with Crippen molar-refractivity contribution in [1.29, 1.82) is 0 Å². The molecule has 0 aromatic rings. The molecule has 0 amide bonds. The highest BCUT2D eigenvalue weighted by atomic mass is 13.8. The number of rotatable bonds is 0. The Kier molecular flexibility index (Phi) is 5.54. The first kappa shape index (κ1) is 9.79. The Morgan fingerprint density at radius 3 is 1.46 bits per heavy atom. The highest BCUT2D eigenvalue weighted by molar-refractivity contribution is 5.16. The van der Waals surface area contributed by atoms with Crippen LogP contribution in [0, 0.1) is 6.42 Å². The van der Waals surface area contributed by atoms with E-state index in [1.165, 1.54) is 0 Å². The second-order valence-electron chi connectivity index (χ2n) is 2.76. The fraction of sp³-hybridized carbons (Fsp3) is 0.154. The fourth-order valence-electron chi connectivity index (χ4n) is 0.978. The van der Waals surface area contributed by atoms with Gasteiger partial charge in [0.25, 0.3) is 0 Å². The van der Waals surface area contributed by atoms with E-state index in [2.05, 4.69) is 67.2 Å². The van der Waals surface area contributed by atoms with Crippen LogP contribution in [0.2, 0.25) is 0 Å². The Bertz CT molecular complexity index is 223. The van der Waals surface area contributed by atoms with Crippen molar-refractivity contribution in [3.05, 3.63) is 67.2 Å². The van der Waals surface area contributed by atoms with Crippen molar-refractivity contribution >= 4 is 0 Å². The lowest BCUT2D eigenvalue weighted by Crippen LogP contribution is -1.62. The molecule has 67 valence electrons. The number of allylic oxidation sites excluding steroid dienone is 10. The Morgan fingerprint density at radius 2 is 0.923 bits per heavy atom. The summed E-state index contributed by atoms with van der Waals surface area (Å²) in [5.74, 6) is 0. The fourth-order valence-corrected chi connectivity index (χ4v) is 0.978. The maximum Gasteiger partial charge on any atom is 0.00443 e. The van der Waals surface area contributed by atoms with E-state index >= 15 is 0 Å². The van der Waals surface area contributed by atoms with Gasteiger partial charge in [-0.2, -0.15) is 0 Å². The molecule has 0 heterocycles. The molecule has 13 heavy (non-hydrogen) atoms. The summed E-state index contributed by atoms with van der Waals surface area (Å²) in [7, 11) is 0. The average Bonchev–Trinajstić information content (AvgIpc) is 2.18. The van der Waals surface area contributed by atoms with Gasteiger partial charge in [-0.3, -0.25) is 0 Å². The highest BCUT2D eigenvalue weighted by Crippen LogP contribution is 1.94. The van der Waals surface area contributed by atoms with Crippen molar-refractivity contribution in [2.75, 3.05) is 0 Å².